The van der Waals surface area contributed by atoms with Crippen molar-refractivity contribution in [2.45, 2.75) is 18.9 Å². The van der Waals surface area contributed by atoms with Crippen LogP contribution >= 0.6 is 0 Å². The van der Waals surface area contributed by atoms with Crippen LogP contribution in [0.5, 0.6) is 0 Å². The van der Waals surface area contributed by atoms with E-state index in [-0.39, 0.29) is 11.5 Å². The van der Waals surface area contributed by atoms with Gasteiger partial charge in [0.2, 0.25) is 0 Å². The highest BCUT2D eigenvalue weighted by atomic mass is 19.1. The summed E-state index contributed by atoms with van der Waals surface area (Å²) in [7, 11) is 0. The third-order valence-corrected chi connectivity index (χ3v) is 3.90. The summed E-state index contributed by atoms with van der Waals surface area (Å²) >= 11 is 0. The van der Waals surface area contributed by atoms with Gasteiger partial charge in [-0.1, -0.05) is 0 Å². The van der Waals surface area contributed by atoms with Gasteiger partial charge in [-0.3, -0.25) is 0 Å². The first kappa shape index (κ1) is 14.4. The van der Waals surface area contributed by atoms with Gasteiger partial charge in [0, 0.05) is 24.7 Å². The molecule has 0 saturated carbocycles. The van der Waals surface area contributed by atoms with Crippen LogP contribution in [0.2, 0.25) is 0 Å². The molecule has 3 nitrogen and oxygen atoms in total. The summed E-state index contributed by atoms with van der Waals surface area (Å²) in [6, 6.07) is 3.05. The number of halogens is 2. The number of hydrogen-bond acceptors (Lipinski definition) is 3. The molecule has 0 aliphatic carbocycles. The zero-order valence-electron chi connectivity index (χ0n) is 11.0. The molecule has 0 radical (unpaired) electrons. The standard InChI is InChI=1S/C14H21F2N3/c15-11-1-2-13(16)12(9-11)14(18)10-3-6-19(7-4-10)8-5-17/h1-2,9-10,14H,3-8,17-18H2. The second-order valence-electron chi connectivity index (χ2n) is 5.16. The van der Waals surface area contributed by atoms with E-state index < -0.39 is 17.7 Å². The molecule has 1 atom stereocenters. The van der Waals surface area contributed by atoms with Gasteiger partial charge < -0.3 is 16.4 Å². The van der Waals surface area contributed by atoms with E-state index in [0.717, 1.165) is 44.6 Å². The number of nitrogens with two attached hydrogens (primary N) is 2. The molecule has 1 aliphatic rings. The SMILES string of the molecule is NCCN1CCC(C(N)c2cc(F)ccc2F)CC1. The highest BCUT2D eigenvalue weighted by Crippen LogP contribution is 2.30. The van der Waals surface area contributed by atoms with Gasteiger partial charge in [0.15, 0.2) is 0 Å². The number of rotatable bonds is 4. The first-order valence-corrected chi connectivity index (χ1v) is 6.74. The molecule has 0 spiro atoms. The van der Waals surface area contributed by atoms with Gasteiger partial charge >= 0.3 is 0 Å². The molecule has 1 aliphatic heterocycles. The molecule has 1 heterocycles. The summed E-state index contributed by atoms with van der Waals surface area (Å²) < 4.78 is 26.9. The van der Waals surface area contributed by atoms with E-state index in [4.69, 9.17) is 11.5 Å². The number of benzene rings is 1. The van der Waals surface area contributed by atoms with Gasteiger partial charge in [-0.05, 0) is 50.0 Å². The fraction of sp³-hybridized carbons (Fsp3) is 0.571. The predicted molar refractivity (Wildman–Crippen MR) is 71.5 cm³/mol. The lowest BCUT2D eigenvalue weighted by Crippen LogP contribution is -2.39. The monoisotopic (exact) mass is 269 g/mol. The molecule has 1 saturated heterocycles. The molecular formula is C14H21F2N3. The van der Waals surface area contributed by atoms with Crippen molar-refractivity contribution in [1.82, 2.24) is 4.90 Å². The summed E-state index contributed by atoms with van der Waals surface area (Å²) in [6.45, 7) is 3.38. The van der Waals surface area contributed by atoms with Crippen LogP contribution in [0.3, 0.4) is 0 Å². The lowest BCUT2D eigenvalue weighted by molar-refractivity contribution is 0.172. The Hall–Kier alpha value is -1.04. The average Bonchev–Trinajstić information content (AvgIpc) is 2.42. The molecule has 0 bridgehead atoms. The molecule has 5 heteroatoms. The van der Waals surface area contributed by atoms with Gasteiger partial charge in [-0.25, -0.2) is 8.78 Å². The van der Waals surface area contributed by atoms with Crippen LogP contribution < -0.4 is 11.5 Å². The maximum atomic E-state index is 13.7. The third-order valence-electron chi connectivity index (χ3n) is 3.90. The number of piperidine rings is 1. The molecule has 1 unspecified atom stereocenters. The molecule has 4 N–H and O–H groups in total. The van der Waals surface area contributed by atoms with Crippen molar-refractivity contribution >= 4 is 0 Å². The van der Waals surface area contributed by atoms with E-state index in [1.54, 1.807) is 0 Å². The number of nitrogens with zero attached hydrogens (tertiary/aromatic N) is 1. The van der Waals surface area contributed by atoms with Crippen LogP contribution in [0, 0.1) is 17.6 Å². The summed E-state index contributed by atoms with van der Waals surface area (Å²) in [5.41, 5.74) is 11.9. The summed E-state index contributed by atoms with van der Waals surface area (Å²) in [4.78, 5) is 2.28. The fourth-order valence-electron chi connectivity index (χ4n) is 2.74. The van der Waals surface area contributed by atoms with Crippen LogP contribution in [0.1, 0.15) is 24.4 Å². The fourth-order valence-corrected chi connectivity index (χ4v) is 2.74. The van der Waals surface area contributed by atoms with Crippen LogP contribution in [0.4, 0.5) is 8.78 Å². The highest BCUT2D eigenvalue weighted by Gasteiger charge is 2.26. The van der Waals surface area contributed by atoms with E-state index in [1.165, 1.54) is 6.07 Å². The van der Waals surface area contributed by atoms with Crippen molar-refractivity contribution in [3.05, 3.63) is 35.4 Å². The minimum atomic E-state index is -0.438. The molecule has 2 rings (SSSR count). The predicted octanol–water partition coefficient (Wildman–Crippen LogP) is 1.64. The normalized spacial score (nSPS) is 19.6. The zero-order valence-corrected chi connectivity index (χ0v) is 11.0. The van der Waals surface area contributed by atoms with Crippen LogP contribution in [0.25, 0.3) is 0 Å². The Morgan fingerprint density at radius 3 is 2.58 bits per heavy atom. The van der Waals surface area contributed by atoms with Crippen LogP contribution in [0.15, 0.2) is 18.2 Å². The Labute approximate surface area is 112 Å². The largest absolute Gasteiger partial charge is 0.329 e. The Morgan fingerprint density at radius 2 is 1.95 bits per heavy atom. The summed E-state index contributed by atoms with van der Waals surface area (Å²) in [5, 5.41) is 0. The van der Waals surface area contributed by atoms with Crippen molar-refractivity contribution in [1.29, 1.82) is 0 Å². The van der Waals surface area contributed by atoms with Gasteiger partial charge in [0.25, 0.3) is 0 Å². The molecule has 1 fully saturated rings. The van der Waals surface area contributed by atoms with E-state index >= 15 is 0 Å². The van der Waals surface area contributed by atoms with Crippen molar-refractivity contribution in [3.63, 3.8) is 0 Å². The van der Waals surface area contributed by atoms with Gasteiger partial charge in [-0.2, -0.15) is 0 Å². The topological polar surface area (TPSA) is 55.3 Å². The maximum absolute atomic E-state index is 13.7. The van der Waals surface area contributed by atoms with E-state index in [9.17, 15) is 8.78 Å². The van der Waals surface area contributed by atoms with Crippen LogP contribution in [-0.4, -0.2) is 31.1 Å². The highest BCUT2D eigenvalue weighted by molar-refractivity contribution is 5.22. The Kier molecular flexibility index (Phi) is 4.85. The van der Waals surface area contributed by atoms with Gasteiger partial charge in [0.05, 0.1) is 0 Å². The van der Waals surface area contributed by atoms with Crippen molar-refractivity contribution < 1.29 is 8.78 Å². The lowest BCUT2D eigenvalue weighted by atomic mass is 9.85. The minimum absolute atomic E-state index is 0.199. The van der Waals surface area contributed by atoms with Gasteiger partial charge in [0.1, 0.15) is 11.6 Å². The first-order valence-electron chi connectivity index (χ1n) is 6.74. The van der Waals surface area contributed by atoms with Crippen molar-refractivity contribution in [3.8, 4) is 0 Å². The molecule has 19 heavy (non-hydrogen) atoms. The van der Waals surface area contributed by atoms with E-state index in [0.29, 0.717) is 6.54 Å². The smallest absolute Gasteiger partial charge is 0.128 e. The molecule has 1 aromatic carbocycles. The molecule has 106 valence electrons. The van der Waals surface area contributed by atoms with Gasteiger partial charge in [-0.15, -0.1) is 0 Å². The number of hydrogen-bond donors (Lipinski definition) is 2. The first-order chi connectivity index (χ1) is 9.11. The zero-order chi connectivity index (χ0) is 13.8. The third kappa shape index (κ3) is 3.49. The van der Waals surface area contributed by atoms with E-state index in [2.05, 4.69) is 4.90 Å². The molecular weight excluding hydrogens is 248 g/mol. The Bertz CT molecular complexity index is 417. The summed E-state index contributed by atoms with van der Waals surface area (Å²) in [5.74, 6) is -0.656. The molecule has 0 aromatic heterocycles. The average molecular weight is 269 g/mol. The minimum Gasteiger partial charge on any atom is -0.329 e. The van der Waals surface area contributed by atoms with Crippen LogP contribution in [-0.2, 0) is 0 Å². The molecule has 1 aromatic rings. The maximum Gasteiger partial charge on any atom is 0.128 e. The van der Waals surface area contributed by atoms with Crippen molar-refractivity contribution in [2.24, 2.45) is 17.4 Å². The van der Waals surface area contributed by atoms with Crippen molar-refractivity contribution in [2.75, 3.05) is 26.2 Å². The Balaban J connectivity index is 2.01. The second kappa shape index (κ2) is 6.41. The Morgan fingerprint density at radius 1 is 1.26 bits per heavy atom. The molecule has 0 amide bonds. The second-order valence-corrected chi connectivity index (χ2v) is 5.16. The quantitative estimate of drug-likeness (QED) is 0.873. The summed E-state index contributed by atoms with van der Waals surface area (Å²) in [6.07, 6.45) is 1.80. The lowest BCUT2D eigenvalue weighted by Gasteiger charge is -2.34. The van der Waals surface area contributed by atoms with E-state index in [1.807, 2.05) is 0 Å². The number of likely N-dealkylation sites (tertiary alicyclic amines) is 1.